The molecule has 0 radical (unpaired) electrons. The van der Waals surface area contributed by atoms with Crippen molar-refractivity contribution >= 4 is 10.1 Å². The second kappa shape index (κ2) is 5.76. The van der Waals surface area contributed by atoms with E-state index in [0.717, 1.165) is 5.56 Å². The first-order valence-corrected chi connectivity index (χ1v) is 7.38. The van der Waals surface area contributed by atoms with Gasteiger partial charge in [0.25, 0.3) is 10.1 Å². The van der Waals surface area contributed by atoms with E-state index in [1.54, 1.807) is 12.1 Å². The maximum atomic E-state index is 11.9. The smallest absolute Gasteiger partial charge is 0.297 e. The highest BCUT2D eigenvalue weighted by molar-refractivity contribution is 7.86. The largest absolute Gasteiger partial charge is 0.387 e. The van der Waals surface area contributed by atoms with Crippen molar-refractivity contribution in [3.8, 4) is 0 Å². The van der Waals surface area contributed by atoms with Gasteiger partial charge >= 0.3 is 0 Å². The average Bonchev–Trinajstić information content (AvgIpc) is 2.64. The van der Waals surface area contributed by atoms with Gasteiger partial charge in [-0.3, -0.25) is 4.18 Å². The molecular formula is C12H16O7S. The van der Waals surface area contributed by atoms with Crippen LogP contribution in [0.1, 0.15) is 5.56 Å². The zero-order valence-corrected chi connectivity index (χ0v) is 11.5. The van der Waals surface area contributed by atoms with Crippen molar-refractivity contribution < 1.29 is 32.7 Å². The second-order valence-corrected chi connectivity index (χ2v) is 6.21. The number of aliphatic hydroxyl groups excluding tert-OH is 3. The molecule has 0 saturated carbocycles. The molecule has 0 amide bonds. The van der Waals surface area contributed by atoms with Gasteiger partial charge in [0.05, 0.1) is 11.5 Å². The Bertz CT molecular complexity index is 554. The topological polar surface area (TPSA) is 113 Å². The zero-order valence-electron chi connectivity index (χ0n) is 10.7. The minimum atomic E-state index is -3.98. The molecule has 8 heteroatoms. The van der Waals surface area contributed by atoms with Gasteiger partial charge in [-0.05, 0) is 19.1 Å². The summed E-state index contributed by atoms with van der Waals surface area (Å²) in [6, 6.07) is 6.07. The van der Waals surface area contributed by atoms with Crippen LogP contribution in [-0.4, -0.2) is 54.9 Å². The minimum absolute atomic E-state index is 0.0170. The summed E-state index contributed by atoms with van der Waals surface area (Å²) in [7, 11) is -3.98. The monoisotopic (exact) mass is 304 g/mol. The first kappa shape index (κ1) is 15.4. The summed E-state index contributed by atoms with van der Waals surface area (Å²) in [5.74, 6) is 0. The molecule has 7 nitrogen and oxygen atoms in total. The van der Waals surface area contributed by atoms with Gasteiger partial charge in [0.15, 0.2) is 6.29 Å². The molecule has 1 aromatic carbocycles. The van der Waals surface area contributed by atoms with E-state index in [0.29, 0.717) is 0 Å². The van der Waals surface area contributed by atoms with Gasteiger partial charge in [-0.15, -0.1) is 0 Å². The van der Waals surface area contributed by atoms with E-state index < -0.39 is 41.3 Å². The molecule has 1 aliphatic rings. The molecule has 0 bridgehead atoms. The van der Waals surface area contributed by atoms with Gasteiger partial charge < -0.3 is 20.1 Å². The quantitative estimate of drug-likeness (QED) is 0.620. The Morgan fingerprint density at radius 2 is 1.75 bits per heavy atom. The van der Waals surface area contributed by atoms with Crippen molar-refractivity contribution in [1.82, 2.24) is 0 Å². The van der Waals surface area contributed by atoms with Gasteiger partial charge in [-0.25, -0.2) is 0 Å². The fraction of sp³-hybridized carbons (Fsp3) is 0.500. The molecule has 0 aliphatic carbocycles. The van der Waals surface area contributed by atoms with Crippen molar-refractivity contribution in [2.75, 3.05) is 6.61 Å². The standard InChI is InChI=1S/C12H16O7S/c1-7-2-4-8(5-3-7)20(16,17)18-6-9-10(13)11(14)12(15)19-9/h2-5,9-15H,6H2,1H3/t9-,10-,11+,12-/m0/s1. The highest BCUT2D eigenvalue weighted by Crippen LogP contribution is 2.21. The van der Waals surface area contributed by atoms with Crippen LogP contribution in [0.3, 0.4) is 0 Å². The molecule has 4 atom stereocenters. The van der Waals surface area contributed by atoms with E-state index in [1.165, 1.54) is 12.1 Å². The summed E-state index contributed by atoms with van der Waals surface area (Å²) in [6.07, 6.45) is -5.55. The summed E-state index contributed by atoms with van der Waals surface area (Å²) in [5, 5.41) is 28.0. The Balaban J connectivity index is 2.01. The highest BCUT2D eigenvalue weighted by atomic mass is 32.2. The minimum Gasteiger partial charge on any atom is -0.387 e. The van der Waals surface area contributed by atoms with Crippen LogP contribution in [-0.2, 0) is 19.0 Å². The van der Waals surface area contributed by atoms with Crippen LogP contribution in [0.15, 0.2) is 29.2 Å². The lowest BCUT2D eigenvalue weighted by Crippen LogP contribution is -2.34. The van der Waals surface area contributed by atoms with E-state index in [4.69, 9.17) is 8.92 Å². The zero-order chi connectivity index (χ0) is 14.9. The fourth-order valence-electron chi connectivity index (χ4n) is 1.80. The number of hydrogen-bond donors (Lipinski definition) is 3. The lowest BCUT2D eigenvalue weighted by molar-refractivity contribution is -0.131. The van der Waals surface area contributed by atoms with Crippen LogP contribution in [0.5, 0.6) is 0 Å². The molecule has 0 spiro atoms. The summed E-state index contributed by atoms with van der Waals surface area (Å²) in [6.45, 7) is 1.33. The fourth-order valence-corrected chi connectivity index (χ4v) is 2.71. The molecule has 112 valence electrons. The molecule has 1 saturated heterocycles. The van der Waals surface area contributed by atoms with Gasteiger partial charge in [0.1, 0.15) is 18.3 Å². The van der Waals surface area contributed by atoms with Crippen LogP contribution in [0.4, 0.5) is 0 Å². The van der Waals surface area contributed by atoms with E-state index in [2.05, 4.69) is 0 Å². The number of aliphatic hydroxyl groups is 3. The average molecular weight is 304 g/mol. The van der Waals surface area contributed by atoms with E-state index in [1.807, 2.05) is 6.92 Å². The third kappa shape index (κ3) is 3.17. The first-order valence-electron chi connectivity index (χ1n) is 5.97. The molecule has 0 unspecified atom stereocenters. The number of ether oxygens (including phenoxy) is 1. The van der Waals surface area contributed by atoms with Crippen molar-refractivity contribution in [3.63, 3.8) is 0 Å². The normalized spacial score (nSPS) is 30.6. The SMILES string of the molecule is Cc1ccc(S(=O)(=O)OC[C@@H]2O[C@H](O)[C@H](O)[C@H]2O)cc1. The van der Waals surface area contributed by atoms with Gasteiger partial charge in [0.2, 0.25) is 0 Å². The predicted octanol–water partition coefficient (Wildman–Crippen LogP) is -0.861. The van der Waals surface area contributed by atoms with Crippen LogP contribution in [0.25, 0.3) is 0 Å². The third-order valence-electron chi connectivity index (χ3n) is 3.03. The number of benzene rings is 1. The van der Waals surface area contributed by atoms with E-state index in [-0.39, 0.29) is 4.90 Å². The molecule has 2 rings (SSSR count). The number of rotatable bonds is 4. The van der Waals surface area contributed by atoms with Crippen molar-refractivity contribution in [1.29, 1.82) is 0 Å². The summed E-state index contributed by atoms with van der Waals surface area (Å²) < 4.78 is 33.3. The third-order valence-corrected chi connectivity index (χ3v) is 4.33. The summed E-state index contributed by atoms with van der Waals surface area (Å²) >= 11 is 0. The maximum absolute atomic E-state index is 11.9. The summed E-state index contributed by atoms with van der Waals surface area (Å²) in [4.78, 5) is -0.0170. The Labute approximate surface area is 116 Å². The van der Waals surface area contributed by atoms with E-state index >= 15 is 0 Å². The number of aryl methyl sites for hydroxylation is 1. The van der Waals surface area contributed by atoms with Crippen LogP contribution < -0.4 is 0 Å². The van der Waals surface area contributed by atoms with Crippen LogP contribution in [0.2, 0.25) is 0 Å². The van der Waals surface area contributed by atoms with E-state index in [9.17, 15) is 23.7 Å². The Hall–Kier alpha value is -1.03. The predicted molar refractivity (Wildman–Crippen MR) is 67.2 cm³/mol. The van der Waals surface area contributed by atoms with Gasteiger partial charge in [-0.2, -0.15) is 8.42 Å². The Morgan fingerprint density at radius 1 is 1.15 bits per heavy atom. The molecule has 1 fully saturated rings. The summed E-state index contributed by atoms with van der Waals surface area (Å²) in [5.41, 5.74) is 0.907. The maximum Gasteiger partial charge on any atom is 0.297 e. The Kier molecular flexibility index (Phi) is 4.43. The molecule has 1 aliphatic heterocycles. The lowest BCUT2D eigenvalue weighted by atomic mass is 10.1. The molecule has 1 aromatic rings. The molecule has 1 heterocycles. The molecular weight excluding hydrogens is 288 g/mol. The highest BCUT2D eigenvalue weighted by Gasteiger charge is 2.42. The van der Waals surface area contributed by atoms with Gasteiger partial charge in [0, 0.05) is 0 Å². The van der Waals surface area contributed by atoms with Crippen LogP contribution in [0, 0.1) is 6.92 Å². The molecule has 0 aromatic heterocycles. The van der Waals surface area contributed by atoms with Crippen molar-refractivity contribution in [3.05, 3.63) is 29.8 Å². The number of hydrogen-bond acceptors (Lipinski definition) is 7. The van der Waals surface area contributed by atoms with Crippen molar-refractivity contribution in [2.24, 2.45) is 0 Å². The molecule has 20 heavy (non-hydrogen) atoms. The van der Waals surface area contributed by atoms with Crippen LogP contribution >= 0.6 is 0 Å². The first-order chi connectivity index (χ1) is 9.31. The second-order valence-electron chi connectivity index (χ2n) is 4.60. The van der Waals surface area contributed by atoms with Gasteiger partial charge in [-0.1, -0.05) is 17.7 Å². The lowest BCUT2D eigenvalue weighted by Gasteiger charge is -2.14. The molecule has 3 N–H and O–H groups in total. The van der Waals surface area contributed by atoms with Crippen molar-refractivity contribution in [2.45, 2.75) is 36.4 Å². The Morgan fingerprint density at radius 3 is 2.25 bits per heavy atom.